The van der Waals surface area contributed by atoms with Gasteiger partial charge in [0, 0.05) is 12.6 Å². The van der Waals surface area contributed by atoms with Crippen LogP contribution in [0.5, 0.6) is 0 Å². The van der Waals surface area contributed by atoms with Crippen molar-refractivity contribution in [1.29, 1.82) is 0 Å². The van der Waals surface area contributed by atoms with Crippen molar-refractivity contribution in [1.82, 2.24) is 10.3 Å². The Morgan fingerprint density at radius 3 is 2.31 bits per heavy atom. The van der Waals surface area contributed by atoms with E-state index >= 15 is 0 Å². The quantitative estimate of drug-likeness (QED) is 0.463. The van der Waals surface area contributed by atoms with Gasteiger partial charge in [0.25, 0.3) is 0 Å². The van der Waals surface area contributed by atoms with E-state index < -0.39 is 0 Å². The summed E-state index contributed by atoms with van der Waals surface area (Å²) in [5.41, 5.74) is 2.84. The third-order valence-electron chi connectivity index (χ3n) is 3.02. The SMILES string of the molecule is CCC(C)(C(COC)NN)N(C)C. The van der Waals surface area contributed by atoms with Crippen LogP contribution in [0.4, 0.5) is 0 Å². The van der Waals surface area contributed by atoms with Crippen LogP contribution in [0.2, 0.25) is 0 Å². The molecule has 2 unspecified atom stereocenters. The van der Waals surface area contributed by atoms with Crippen LogP contribution in [0.25, 0.3) is 0 Å². The zero-order valence-corrected chi connectivity index (χ0v) is 9.42. The average molecular weight is 189 g/mol. The fraction of sp³-hybridized carbons (Fsp3) is 1.00. The van der Waals surface area contributed by atoms with Gasteiger partial charge >= 0.3 is 0 Å². The summed E-state index contributed by atoms with van der Waals surface area (Å²) >= 11 is 0. The highest BCUT2D eigenvalue weighted by Crippen LogP contribution is 2.20. The van der Waals surface area contributed by atoms with E-state index in [0.29, 0.717) is 6.61 Å². The summed E-state index contributed by atoms with van der Waals surface area (Å²) in [4.78, 5) is 2.18. The van der Waals surface area contributed by atoms with Gasteiger partial charge in [-0.25, -0.2) is 0 Å². The molecule has 0 radical (unpaired) electrons. The molecule has 0 saturated heterocycles. The smallest absolute Gasteiger partial charge is 0.0647 e. The number of methoxy groups -OCH3 is 1. The van der Waals surface area contributed by atoms with Gasteiger partial charge < -0.3 is 9.64 Å². The Labute approximate surface area is 81.4 Å². The minimum atomic E-state index is 0.0325. The van der Waals surface area contributed by atoms with Gasteiger partial charge in [-0.2, -0.15) is 0 Å². The predicted molar refractivity (Wildman–Crippen MR) is 55.4 cm³/mol. The highest BCUT2D eigenvalue weighted by atomic mass is 16.5. The Morgan fingerprint density at radius 2 is 2.08 bits per heavy atom. The molecule has 4 nitrogen and oxygen atoms in total. The van der Waals surface area contributed by atoms with Crippen molar-refractivity contribution >= 4 is 0 Å². The fourth-order valence-electron chi connectivity index (χ4n) is 1.45. The van der Waals surface area contributed by atoms with Crippen molar-refractivity contribution in [3.8, 4) is 0 Å². The van der Waals surface area contributed by atoms with Crippen LogP contribution in [0, 0.1) is 0 Å². The van der Waals surface area contributed by atoms with E-state index in [9.17, 15) is 0 Å². The monoisotopic (exact) mass is 189 g/mol. The van der Waals surface area contributed by atoms with Crippen LogP contribution in [0.15, 0.2) is 0 Å². The number of rotatable bonds is 6. The van der Waals surface area contributed by atoms with E-state index in [1.54, 1.807) is 7.11 Å². The normalized spacial score (nSPS) is 18.7. The van der Waals surface area contributed by atoms with Crippen LogP contribution in [0.3, 0.4) is 0 Å². The molecular formula is C9H23N3O. The molecule has 0 rings (SSSR count). The number of hydrazine groups is 1. The lowest BCUT2D eigenvalue weighted by atomic mass is 9.89. The summed E-state index contributed by atoms with van der Waals surface area (Å²) < 4.78 is 5.12. The summed E-state index contributed by atoms with van der Waals surface area (Å²) in [6.45, 7) is 4.95. The Hall–Kier alpha value is -0.160. The van der Waals surface area contributed by atoms with Crippen molar-refractivity contribution in [2.75, 3.05) is 27.8 Å². The lowest BCUT2D eigenvalue weighted by molar-refractivity contribution is 0.0570. The third kappa shape index (κ3) is 2.91. The molecule has 0 saturated carbocycles. The molecule has 13 heavy (non-hydrogen) atoms. The summed E-state index contributed by atoms with van der Waals surface area (Å²) in [6, 6.07) is 0.150. The first-order valence-corrected chi connectivity index (χ1v) is 4.65. The fourth-order valence-corrected chi connectivity index (χ4v) is 1.45. The number of nitrogens with zero attached hydrogens (tertiary/aromatic N) is 1. The number of likely N-dealkylation sites (N-methyl/N-ethyl adjacent to an activating group) is 1. The van der Waals surface area contributed by atoms with Crippen LogP contribution in [0.1, 0.15) is 20.3 Å². The molecule has 0 aromatic carbocycles. The second kappa shape index (κ2) is 5.54. The first kappa shape index (κ1) is 12.8. The molecule has 0 aromatic rings. The summed E-state index contributed by atoms with van der Waals surface area (Å²) in [5, 5.41) is 0. The Balaban J connectivity index is 4.48. The number of nitrogens with two attached hydrogens (primary N) is 1. The van der Waals surface area contributed by atoms with Gasteiger partial charge in [0.1, 0.15) is 0 Å². The van der Waals surface area contributed by atoms with Gasteiger partial charge in [-0.15, -0.1) is 0 Å². The van der Waals surface area contributed by atoms with Gasteiger partial charge in [-0.05, 0) is 27.4 Å². The highest BCUT2D eigenvalue weighted by molar-refractivity contribution is 4.92. The van der Waals surface area contributed by atoms with E-state index in [1.807, 2.05) is 0 Å². The van der Waals surface area contributed by atoms with Crippen molar-refractivity contribution in [3.05, 3.63) is 0 Å². The summed E-state index contributed by atoms with van der Waals surface area (Å²) in [7, 11) is 5.81. The van der Waals surface area contributed by atoms with Gasteiger partial charge in [0.05, 0.1) is 12.6 Å². The Morgan fingerprint density at radius 1 is 1.54 bits per heavy atom. The number of ether oxygens (including phenoxy) is 1. The molecule has 0 bridgehead atoms. The maximum Gasteiger partial charge on any atom is 0.0647 e. The van der Waals surface area contributed by atoms with Crippen LogP contribution >= 0.6 is 0 Å². The molecule has 4 heteroatoms. The second-order valence-electron chi connectivity index (χ2n) is 3.78. The lowest BCUT2D eigenvalue weighted by Gasteiger charge is -2.41. The van der Waals surface area contributed by atoms with E-state index in [4.69, 9.17) is 10.6 Å². The van der Waals surface area contributed by atoms with Gasteiger partial charge in [0.15, 0.2) is 0 Å². The van der Waals surface area contributed by atoms with Crippen LogP contribution in [-0.4, -0.2) is 44.3 Å². The minimum absolute atomic E-state index is 0.0325. The van der Waals surface area contributed by atoms with Crippen molar-refractivity contribution in [2.24, 2.45) is 5.84 Å². The molecule has 2 atom stereocenters. The molecule has 0 amide bonds. The zero-order valence-electron chi connectivity index (χ0n) is 9.42. The molecule has 0 aliphatic heterocycles. The van der Waals surface area contributed by atoms with Gasteiger partial charge in [0.2, 0.25) is 0 Å². The Bertz CT molecular complexity index is 141. The number of hydrogen-bond acceptors (Lipinski definition) is 4. The molecule has 80 valence electrons. The molecule has 0 heterocycles. The van der Waals surface area contributed by atoms with Crippen molar-refractivity contribution < 1.29 is 4.74 Å². The average Bonchev–Trinajstić information content (AvgIpc) is 2.12. The Kier molecular flexibility index (Phi) is 5.48. The van der Waals surface area contributed by atoms with E-state index in [1.165, 1.54) is 0 Å². The largest absolute Gasteiger partial charge is 0.383 e. The standard InChI is InChI=1S/C9H23N3O/c1-6-9(2,12(3)4)8(11-10)7-13-5/h8,11H,6-7,10H2,1-5H3. The number of hydrogen-bond donors (Lipinski definition) is 2. The maximum atomic E-state index is 5.50. The molecule has 3 N–H and O–H groups in total. The molecule has 0 aliphatic carbocycles. The molecule has 0 aliphatic rings. The molecule has 0 spiro atoms. The third-order valence-corrected chi connectivity index (χ3v) is 3.02. The number of nitrogens with one attached hydrogen (secondary N) is 1. The second-order valence-corrected chi connectivity index (χ2v) is 3.78. The molecule has 0 aromatic heterocycles. The van der Waals surface area contributed by atoms with E-state index in [0.717, 1.165) is 6.42 Å². The zero-order chi connectivity index (χ0) is 10.5. The first-order valence-electron chi connectivity index (χ1n) is 4.65. The van der Waals surface area contributed by atoms with Crippen molar-refractivity contribution in [3.63, 3.8) is 0 Å². The highest BCUT2D eigenvalue weighted by Gasteiger charge is 2.33. The predicted octanol–water partition coefficient (Wildman–Crippen LogP) is 0.195. The van der Waals surface area contributed by atoms with Crippen LogP contribution < -0.4 is 11.3 Å². The summed E-state index contributed by atoms with van der Waals surface area (Å²) in [6.07, 6.45) is 1.03. The lowest BCUT2D eigenvalue weighted by Crippen LogP contribution is -2.60. The minimum Gasteiger partial charge on any atom is -0.383 e. The molecular weight excluding hydrogens is 166 g/mol. The first-order chi connectivity index (χ1) is 6.02. The maximum absolute atomic E-state index is 5.50. The van der Waals surface area contributed by atoms with E-state index in [-0.39, 0.29) is 11.6 Å². The van der Waals surface area contributed by atoms with Gasteiger partial charge in [-0.3, -0.25) is 11.3 Å². The van der Waals surface area contributed by atoms with Crippen molar-refractivity contribution in [2.45, 2.75) is 31.8 Å². The molecule has 0 fully saturated rings. The van der Waals surface area contributed by atoms with E-state index in [2.05, 4.69) is 38.3 Å². The summed E-state index contributed by atoms with van der Waals surface area (Å²) in [5.74, 6) is 5.50. The topological polar surface area (TPSA) is 50.5 Å². The van der Waals surface area contributed by atoms with Crippen LogP contribution in [-0.2, 0) is 4.74 Å². The van der Waals surface area contributed by atoms with Gasteiger partial charge in [-0.1, -0.05) is 6.92 Å².